The molecule has 112 valence electrons. The van der Waals surface area contributed by atoms with E-state index in [9.17, 15) is 4.79 Å². The van der Waals surface area contributed by atoms with E-state index < -0.39 is 6.04 Å². The van der Waals surface area contributed by atoms with E-state index in [1.165, 1.54) is 4.80 Å². The molecule has 0 saturated heterocycles. The number of carbonyl (C=O) groups excluding carboxylic acids is 1. The number of benzene rings is 1. The van der Waals surface area contributed by atoms with Gasteiger partial charge in [-0.2, -0.15) is 4.80 Å². The normalized spacial score (nSPS) is 12.4. The average molecular weight is 288 g/mol. The standard InChI is InChI=1S/C14H20N6O/c1-10(2)12(14(21)16-9-8-15)20-18-13(17-19-20)11-6-4-3-5-7-11/h3-7,10,12H,8-9,15H2,1-2H3,(H,16,21). The van der Waals surface area contributed by atoms with Crippen LogP contribution in [0.2, 0.25) is 0 Å². The van der Waals surface area contributed by atoms with Crippen LogP contribution in [0.25, 0.3) is 11.4 Å². The number of tetrazole rings is 1. The van der Waals surface area contributed by atoms with Crippen LogP contribution in [0.15, 0.2) is 30.3 Å². The Bertz CT molecular complexity index is 580. The lowest BCUT2D eigenvalue weighted by Gasteiger charge is -2.18. The minimum absolute atomic E-state index is 0.0422. The molecular formula is C14H20N6O. The zero-order valence-corrected chi connectivity index (χ0v) is 12.2. The van der Waals surface area contributed by atoms with E-state index in [1.807, 2.05) is 44.2 Å². The topological polar surface area (TPSA) is 98.7 Å². The summed E-state index contributed by atoms with van der Waals surface area (Å²) in [4.78, 5) is 13.6. The molecule has 1 aromatic carbocycles. The highest BCUT2D eigenvalue weighted by molar-refractivity contribution is 5.80. The number of carbonyl (C=O) groups is 1. The van der Waals surface area contributed by atoms with Gasteiger partial charge in [0.05, 0.1) is 0 Å². The molecule has 1 heterocycles. The van der Waals surface area contributed by atoms with Crippen LogP contribution in [0.5, 0.6) is 0 Å². The number of hydrogen-bond acceptors (Lipinski definition) is 5. The minimum Gasteiger partial charge on any atom is -0.353 e. The Morgan fingerprint density at radius 3 is 2.67 bits per heavy atom. The van der Waals surface area contributed by atoms with Crippen LogP contribution < -0.4 is 11.1 Å². The summed E-state index contributed by atoms with van der Waals surface area (Å²) in [6, 6.07) is 9.04. The third-order valence-corrected chi connectivity index (χ3v) is 3.05. The number of amides is 1. The highest BCUT2D eigenvalue weighted by Crippen LogP contribution is 2.18. The molecule has 2 rings (SSSR count). The van der Waals surface area contributed by atoms with Crippen LogP contribution in [-0.4, -0.2) is 39.2 Å². The third kappa shape index (κ3) is 3.63. The highest BCUT2D eigenvalue weighted by atomic mass is 16.2. The van der Waals surface area contributed by atoms with Crippen molar-refractivity contribution in [3.8, 4) is 11.4 Å². The van der Waals surface area contributed by atoms with E-state index in [2.05, 4.69) is 20.7 Å². The minimum atomic E-state index is -0.499. The van der Waals surface area contributed by atoms with E-state index in [-0.39, 0.29) is 11.8 Å². The van der Waals surface area contributed by atoms with Gasteiger partial charge in [0.1, 0.15) is 0 Å². The van der Waals surface area contributed by atoms with Crippen molar-refractivity contribution in [2.75, 3.05) is 13.1 Å². The molecule has 1 amide bonds. The second kappa shape index (κ2) is 6.94. The van der Waals surface area contributed by atoms with Crippen molar-refractivity contribution in [2.24, 2.45) is 11.7 Å². The Balaban J connectivity index is 2.22. The van der Waals surface area contributed by atoms with Crippen LogP contribution in [-0.2, 0) is 4.79 Å². The summed E-state index contributed by atoms with van der Waals surface area (Å²) >= 11 is 0. The predicted octanol–water partition coefficient (Wildman–Crippen LogP) is 0.612. The first kappa shape index (κ1) is 15.1. The molecule has 0 radical (unpaired) electrons. The first-order chi connectivity index (χ1) is 10.1. The van der Waals surface area contributed by atoms with Gasteiger partial charge in [-0.1, -0.05) is 44.2 Å². The van der Waals surface area contributed by atoms with Gasteiger partial charge in [0.2, 0.25) is 11.7 Å². The monoisotopic (exact) mass is 288 g/mol. The second-order valence-electron chi connectivity index (χ2n) is 5.07. The fourth-order valence-electron chi connectivity index (χ4n) is 2.02. The maximum Gasteiger partial charge on any atom is 0.247 e. The summed E-state index contributed by atoms with van der Waals surface area (Å²) in [6.07, 6.45) is 0. The van der Waals surface area contributed by atoms with E-state index >= 15 is 0 Å². The molecule has 0 bridgehead atoms. The molecule has 0 aliphatic heterocycles. The first-order valence-electron chi connectivity index (χ1n) is 6.96. The molecule has 7 heteroatoms. The van der Waals surface area contributed by atoms with E-state index in [0.29, 0.717) is 18.9 Å². The lowest BCUT2D eigenvalue weighted by Crippen LogP contribution is -2.38. The van der Waals surface area contributed by atoms with Crippen molar-refractivity contribution in [1.29, 1.82) is 0 Å². The summed E-state index contributed by atoms with van der Waals surface area (Å²) in [5, 5.41) is 15.2. The zero-order valence-electron chi connectivity index (χ0n) is 12.2. The third-order valence-electron chi connectivity index (χ3n) is 3.05. The van der Waals surface area contributed by atoms with Crippen molar-refractivity contribution in [1.82, 2.24) is 25.5 Å². The van der Waals surface area contributed by atoms with Crippen LogP contribution in [0, 0.1) is 5.92 Å². The Labute approximate surface area is 123 Å². The van der Waals surface area contributed by atoms with Gasteiger partial charge in [0.25, 0.3) is 0 Å². The van der Waals surface area contributed by atoms with Gasteiger partial charge < -0.3 is 11.1 Å². The summed E-state index contributed by atoms with van der Waals surface area (Å²) in [7, 11) is 0. The van der Waals surface area contributed by atoms with Gasteiger partial charge in [-0.25, -0.2) is 0 Å². The number of nitrogens with zero attached hydrogens (tertiary/aromatic N) is 4. The van der Waals surface area contributed by atoms with Crippen LogP contribution in [0.3, 0.4) is 0 Å². The molecule has 0 saturated carbocycles. The molecule has 1 aromatic heterocycles. The van der Waals surface area contributed by atoms with Crippen LogP contribution >= 0.6 is 0 Å². The number of nitrogens with one attached hydrogen (secondary N) is 1. The molecule has 1 atom stereocenters. The smallest absolute Gasteiger partial charge is 0.247 e. The largest absolute Gasteiger partial charge is 0.353 e. The lowest BCUT2D eigenvalue weighted by molar-refractivity contribution is -0.126. The summed E-state index contributed by atoms with van der Waals surface area (Å²) in [5.74, 6) is 0.404. The SMILES string of the molecule is CC(C)C(C(=O)NCCN)n1nnc(-c2ccccc2)n1. The number of aromatic nitrogens is 4. The molecule has 0 fully saturated rings. The molecule has 3 N–H and O–H groups in total. The molecule has 0 spiro atoms. The average Bonchev–Trinajstić information content (AvgIpc) is 2.95. The van der Waals surface area contributed by atoms with Gasteiger partial charge in [-0.3, -0.25) is 4.79 Å². The maximum atomic E-state index is 12.2. The zero-order chi connectivity index (χ0) is 15.2. The van der Waals surface area contributed by atoms with Crippen molar-refractivity contribution < 1.29 is 4.79 Å². The van der Waals surface area contributed by atoms with Gasteiger partial charge in [-0.15, -0.1) is 10.2 Å². The summed E-state index contributed by atoms with van der Waals surface area (Å²) in [5.41, 5.74) is 6.28. The quantitative estimate of drug-likeness (QED) is 0.811. The molecular weight excluding hydrogens is 268 g/mol. The molecule has 21 heavy (non-hydrogen) atoms. The van der Waals surface area contributed by atoms with E-state index in [4.69, 9.17) is 5.73 Å². The van der Waals surface area contributed by atoms with Gasteiger partial charge in [0.15, 0.2) is 6.04 Å². The molecule has 0 aliphatic rings. The first-order valence-corrected chi connectivity index (χ1v) is 6.96. The number of hydrogen-bond donors (Lipinski definition) is 2. The van der Waals surface area contributed by atoms with Gasteiger partial charge in [-0.05, 0) is 11.1 Å². The Morgan fingerprint density at radius 2 is 2.05 bits per heavy atom. The highest BCUT2D eigenvalue weighted by Gasteiger charge is 2.26. The fourth-order valence-corrected chi connectivity index (χ4v) is 2.02. The van der Waals surface area contributed by atoms with Crippen LogP contribution in [0.1, 0.15) is 19.9 Å². The molecule has 7 nitrogen and oxygen atoms in total. The van der Waals surface area contributed by atoms with Crippen molar-refractivity contribution in [3.63, 3.8) is 0 Å². The second-order valence-corrected chi connectivity index (χ2v) is 5.07. The molecule has 0 aliphatic carbocycles. The Morgan fingerprint density at radius 1 is 1.33 bits per heavy atom. The lowest BCUT2D eigenvalue weighted by atomic mass is 10.0. The van der Waals surface area contributed by atoms with Gasteiger partial charge >= 0.3 is 0 Å². The molecule has 1 unspecified atom stereocenters. The predicted molar refractivity (Wildman–Crippen MR) is 79.2 cm³/mol. The fraction of sp³-hybridized carbons (Fsp3) is 0.429. The van der Waals surface area contributed by atoms with E-state index in [0.717, 1.165) is 5.56 Å². The van der Waals surface area contributed by atoms with Crippen LogP contribution in [0.4, 0.5) is 0 Å². The Hall–Kier alpha value is -2.28. The van der Waals surface area contributed by atoms with Crippen molar-refractivity contribution in [3.05, 3.63) is 30.3 Å². The molecule has 2 aromatic rings. The Kier molecular flexibility index (Phi) is 4.99. The van der Waals surface area contributed by atoms with Crippen molar-refractivity contribution >= 4 is 5.91 Å². The van der Waals surface area contributed by atoms with Gasteiger partial charge in [0, 0.05) is 18.7 Å². The number of rotatable bonds is 6. The van der Waals surface area contributed by atoms with Crippen molar-refractivity contribution in [2.45, 2.75) is 19.9 Å². The maximum absolute atomic E-state index is 12.2. The summed E-state index contributed by atoms with van der Waals surface area (Å²) < 4.78 is 0. The van der Waals surface area contributed by atoms with E-state index in [1.54, 1.807) is 0 Å². The number of nitrogens with two attached hydrogens (primary N) is 1. The summed E-state index contributed by atoms with van der Waals surface area (Å²) in [6.45, 7) is 4.72.